The topological polar surface area (TPSA) is 87.1 Å². The first-order valence-electron chi connectivity index (χ1n) is 5.32. The zero-order valence-corrected chi connectivity index (χ0v) is 9.75. The van der Waals surface area contributed by atoms with E-state index in [1.54, 1.807) is 25.6 Å². The molecule has 1 unspecified atom stereocenters. The molecule has 2 N–H and O–H groups in total. The van der Waals surface area contributed by atoms with Crippen LogP contribution in [0.1, 0.15) is 25.3 Å². The van der Waals surface area contributed by atoms with E-state index in [0.29, 0.717) is 23.0 Å². The fraction of sp³-hybridized carbons (Fsp3) is 0.364. The fourth-order valence-electron chi connectivity index (χ4n) is 1.53. The van der Waals surface area contributed by atoms with Gasteiger partial charge in [0, 0.05) is 13.3 Å². The Bertz CT molecular complexity index is 494. The number of anilines is 1. The molecule has 0 saturated heterocycles. The number of hydrogen-bond donors (Lipinski definition) is 1. The van der Waals surface area contributed by atoms with E-state index in [0.717, 1.165) is 6.42 Å². The molecule has 0 spiro atoms. The quantitative estimate of drug-likeness (QED) is 0.868. The number of nitrogen functional groups attached to an aromatic ring is 1. The second-order valence-electron chi connectivity index (χ2n) is 3.55. The van der Waals surface area contributed by atoms with Gasteiger partial charge in [-0.25, -0.2) is 0 Å². The highest BCUT2D eigenvalue weighted by Crippen LogP contribution is 2.25. The van der Waals surface area contributed by atoms with Crippen molar-refractivity contribution in [2.24, 2.45) is 0 Å². The number of pyridine rings is 1. The van der Waals surface area contributed by atoms with Crippen molar-refractivity contribution in [2.75, 3.05) is 12.8 Å². The van der Waals surface area contributed by atoms with Gasteiger partial charge in [0.2, 0.25) is 5.82 Å². The van der Waals surface area contributed by atoms with Crippen LogP contribution in [0.15, 0.2) is 23.0 Å². The summed E-state index contributed by atoms with van der Waals surface area (Å²) in [7, 11) is 1.62. The van der Waals surface area contributed by atoms with Crippen LogP contribution in [0.25, 0.3) is 11.5 Å². The molecule has 90 valence electrons. The molecular weight excluding hydrogens is 220 g/mol. The number of aromatic nitrogens is 3. The summed E-state index contributed by atoms with van der Waals surface area (Å²) in [5, 5.41) is 3.89. The van der Waals surface area contributed by atoms with Gasteiger partial charge < -0.3 is 15.0 Å². The highest BCUT2D eigenvalue weighted by atomic mass is 16.5. The maximum Gasteiger partial charge on any atom is 0.260 e. The number of ether oxygens (including phenoxy) is 1. The van der Waals surface area contributed by atoms with E-state index in [-0.39, 0.29) is 6.10 Å². The molecule has 0 saturated carbocycles. The molecule has 0 aliphatic rings. The van der Waals surface area contributed by atoms with Crippen molar-refractivity contribution < 1.29 is 9.26 Å². The summed E-state index contributed by atoms with van der Waals surface area (Å²) >= 11 is 0. The lowest BCUT2D eigenvalue weighted by Crippen LogP contribution is -2.01. The first-order valence-corrected chi connectivity index (χ1v) is 5.32. The Morgan fingerprint density at radius 2 is 2.35 bits per heavy atom. The Balaban J connectivity index is 2.33. The Morgan fingerprint density at radius 3 is 3.00 bits per heavy atom. The zero-order chi connectivity index (χ0) is 12.3. The van der Waals surface area contributed by atoms with Gasteiger partial charge >= 0.3 is 0 Å². The van der Waals surface area contributed by atoms with Crippen LogP contribution >= 0.6 is 0 Å². The molecule has 1 atom stereocenters. The van der Waals surface area contributed by atoms with Crippen molar-refractivity contribution in [3.05, 3.63) is 24.3 Å². The van der Waals surface area contributed by atoms with Gasteiger partial charge in [-0.2, -0.15) is 4.98 Å². The van der Waals surface area contributed by atoms with E-state index >= 15 is 0 Å². The van der Waals surface area contributed by atoms with E-state index in [9.17, 15) is 0 Å². The van der Waals surface area contributed by atoms with Gasteiger partial charge in [-0.15, -0.1) is 0 Å². The molecule has 0 aliphatic carbocycles. The van der Waals surface area contributed by atoms with E-state index in [4.69, 9.17) is 15.0 Å². The minimum Gasteiger partial charge on any atom is -0.397 e. The first-order chi connectivity index (χ1) is 8.26. The van der Waals surface area contributed by atoms with E-state index in [2.05, 4.69) is 15.1 Å². The average molecular weight is 234 g/mol. The molecule has 6 heteroatoms. The van der Waals surface area contributed by atoms with E-state index in [1.165, 1.54) is 0 Å². The van der Waals surface area contributed by atoms with Gasteiger partial charge in [0.05, 0.1) is 17.4 Å². The maximum absolute atomic E-state index is 5.78. The van der Waals surface area contributed by atoms with Gasteiger partial charge in [0.25, 0.3) is 5.89 Å². The lowest BCUT2D eigenvalue weighted by atomic mass is 10.2. The number of nitrogens with two attached hydrogens (primary N) is 1. The highest BCUT2D eigenvalue weighted by Gasteiger charge is 2.17. The number of hydrogen-bond acceptors (Lipinski definition) is 6. The summed E-state index contributed by atoms with van der Waals surface area (Å²) in [5.41, 5.74) is 6.97. The highest BCUT2D eigenvalue weighted by molar-refractivity contribution is 5.68. The van der Waals surface area contributed by atoms with Gasteiger partial charge in [-0.1, -0.05) is 12.1 Å². The SMILES string of the molecule is CCC(OC)c1noc(-c2ccncc2N)n1. The van der Waals surface area contributed by atoms with Crippen LogP contribution in [0.4, 0.5) is 5.69 Å². The van der Waals surface area contributed by atoms with Gasteiger partial charge in [-0.05, 0) is 12.5 Å². The summed E-state index contributed by atoms with van der Waals surface area (Å²) in [6.45, 7) is 1.99. The molecule has 17 heavy (non-hydrogen) atoms. The minimum atomic E-state index is -0.157. The standard InChI is InChI=1S/C11H14N4O2/c1-3-9(16-2)10-14-11(17-15-10)7-4-5-13-6-8(7)12/h4-6,9H,3,12H2,1-2H3. The summed E-state index contributed by atoms with van der Waals surface area (Å²) in [6.07, 6.45) is 3.80. The predicted octanol–water partition coefficient (Wildman–Crippen LogP) is 1.81. The average Bonchev–Trinajstić information content (AvgIpc) is 2.81. The first kappa shape index (κ1) is 11.5. The molecule has 0 bridgehead atoms. The smallest absolute Gasteiger partial charge is 0.260 e. The van der Waals surface area contributed by atoms with Crippen molar-refractivity contribution in [1.82, 2.24) is 15.1 Å². The van der Waals surface area contributed by atoms with Gasteiger partial charge in [-0.3, -0.25) is 4.98 Å². The molecule has 2 aromatic heterocycles. The van der Waals surface area contributed by atoms with Crippen LogP contribution in [0, 0.1) is 0 Å². The predicted molar refractivity (Wildman–Crippen MR) is 62.0 cm³/mol. The van der Waals surface area contributed by atoms with Crippen molar-refractivity contribution in [3.8, 4) is 11.5 Å². The third-order valence-electron chi connectivity index (χ3n) is 2.47. The van der Waals surface area contributed by atoms with Gasteiger partial charge in [0.15, 0.2) is 0 Å². The molecule has 0 aliphatic heterocycles. The van der Waals surface area contributed by atoms with Crippen LogP contribution in [-0.4, -0.2) is 22.2 Å². The Labute approximate surface area is 98.8 Å². The normalized spacial score (nSPS) is 12.6. The second-order valence-corrected chi connectivity index (χ2v) is 3.55. The van der Waals surface area contributed by atoms with Crippen molar-refractivity contribution in [1.29, 1.82) is 0 Å². The van der Waals surface area contributed by atoms with Crippen LogP contribution in [0.5, 0.6) is 0 Å². The molecule has 6 nitrogen and oxygen atoms in total. The maximum atomic E-state index is 5.78. The molecule has 2 aromatic rings. The summed E-state index contributed by atoms with van der Waals surface area (Å²) in [6, 6.07) is 1.74. The molecular formula is C11H14N4O2. The summed E-state index contributed by atoms with van der Waals surface area (Å²) in [5.74, 6) is 0.914. The lowest BCUT2D eigenvalue weighted by molar-refractivity contribution is 0.0903. The van der Waals surface area contributed by atoms with E-state index < -0.39 is 0 Å². The Kier molecular flexibility index (Phi) is 3.34. The van der Waals surface area contributed by atoms with Crippen LogP contribution in [-0.2, 0) is 4.74 Å². The molecule has 0 radical (unpaired) electrons. The van der Waals surface area contributed by atoms with Crippen LogP contribution < -0.4 is 5.73 Å². The number of nitrogens with zero attached hydrogens (tertiary/aromatic N) is 3. The fourth-order valence-corrected chi connectivity index (χ4v) is 1.53. The third-order valence-corrected chi connectivity index (χ3v) is 2.47. The lowest BCUT2D eigenvalue weighted by Gasteiger charge is -2.06. The minimum absolute atomic E-state index is 0.157. The second kappa shape index (κ2) is 4.92. The number of rotatable bonds is 4. The molecule has 0 aromatic carbocycles. The van der Waals surface area contributed by atoms with E-state index in [1.807, 2.05) is 6.92 Å². The van der Waals surface area contributed by atoms with Crippen molar-refractivity contribution in [3.63, 3.8) is 0 Å². The van der Waals surface area contributed by atoms with Crippen molar-refractivity contribution in [2.45, 2.75) is 19.4 Å². The van der Waals surface area contributed by atoms with Crippen LogP contribution in [0.2, 0.25) is 0 Å². The monoisotopic (exact) mass is 234 g/mol. The Morgan fingerprint density at radius 1 is 1.53 bits per heavy atom. The molecule has 2 heterocycles. The molecule has 2 rings (SSSR count). The zero-order valence-electron chi connectivity index (χ0n) is 9.75. The molecule has 0 fully saturated rings. The molecule has 0 amide bonds. The largest absolute Gasteiger partial charge is 0.397 e. The Hall–Kier alpha value is -1.95. The summed E-state index contributed by atoms with van der Waals surface area (Å²) < 4.78 is 10.4. The van der Waals surface area contributed by atoms with Crippen molar-refractivity contribution >= 4 is 5.69 Å². The number of methoxy groups -OCH3 is 1. The third kappa shape index (κ3) is 2.26. The summed E-state index contributed by atoms with van der Waals surface area (Å²) in [4.78, 5) is 8.18. The van der Waals surface area contributed by atoms with Crippen LogP contribution in [0.3, 0.4) is 0 Å². The van der Waals surface area contributed by atoms with Gasteiger partial charge in [0.1, 0.15) is 6.10 Å².